The molecule has 2 atom stereocenters. The molecular weight excluding hydrogens is 354 g/mol. The van der Waals surface area contributed by atoms with E-state index in [0.717, 1.165) is 6.54 Å². The Bertz CT molecular complexity index is 800. The number of aromatic nitrogens is 1. The van der Waals surface area contributed by atoms with E-state index in [2.05, 4.69) is 58.9 Å². The van der Waals surface area contributed by atoms with Gasteiger partial charge in [-0.2, -0.15) is 0 Å². The lowest BCUT2D eigenvalue weighted by atomic mass is 9.77. The number of piperidine rings is 1. The molecule has 1 saturated heterocycles. The molecule has 2 aromatic rings. The highest BCUT2D eigenvalue weighted by Gasteiger charge is 2.43. The van der Waals surface area contributed by atoms with Gasteiger partial charge in [-0.3, -0.25) is 4.90 Å². The Hall–Kier alpha value is -1.58. The summed E-state index contributed by atoms with van der Waals surface area (Å²) in [5.74, 6) is 0.710. The predicted molar refractivity (Wildman–Crippen MR) is 130 cm³/mol. The maximum atomic E-state index is 2.76. The second-order valence-corrected chi connectivity index (χ2v) is 7.67. The first-order valence-electron chi connectivity index (χ1n) is 11.9. The lowest BCUT2D eigenvalue weighted by Gasteiger charge is -2.48. The summed E-state index contributed by atoms with van der Waals surface area (Å²) in [6.45, 7) is 15.6. The standard InChI is InChI=1S/C20H25N3.3C2H6/c1-21(2)12-14-13-23-18-8-4-3-6-16(18)17-9-11-22-10-5-7-15(14)19(22)20(17)23;3*1-2/h3-4,6,8,13,15,19H,5,7,9-12H2,1-2H3;3*1-2H3. The Morgan fingerprint density at radius 1 is 0.966 bits per heavy atom. The van der Waals surface area contributed by atoms with Crippen LogP contribution in [0, 0.1) is 5.92 Å². The van der Waals surface area contributed by atoms with Crippen LogP contribution in [0.2, 0.25) is 0 Å². The third-order valence-electron chi connectivity index (χ3n) is 5.99. The molecule has 4 heterocycles. The Morgan fingerprint density at radius 3 is 2.34 bits per heavy atom. The van der Waals surface area contributed by atoms with E-state index in [1.54, 1.807) is 16.8 Å². The Balaban J connectivity index is 0.000000461. The normalized spacial score (nSPS) is 21.6. The minimum Gasteiger partial charge on any atom is -0.318 e. The van der Waals surface area contributed by atoms with E-state index in [1.807, 2.05) is 41.5 Å². The van der Waals surface area contributed by atoms with Crippen molar-refractivity contribution in [2.45, 2.75) is 66.8 Å². The quantitative estimate of drug-likeness (QED) is 0.577. The predicted octanol–water partition coefficient (Wildman–Crippen LogP) is 6.45. The molecule has 3 heteroatoms. The molecule has 29 heavy (non-hydrogen) atoms. The highest BCUT2D eigenvalue weighted by Crippen LogP contribution is 2.49. The van der Waals surface area contributed by atoms with Crippen molar-refractivity contribution in [2.75, 3.05) is 33.7 Å². The first kappa shape index (κ1) is 23.7. The van der Waals surface area contributed by atoms with Crippen LogP contribution in [0.1, 0.15) is 71.7 Å². The van der Waals surface area contributed by atoms with Crippen molar-refractivity contribution in [3.8, 4) is 0 Å². The van der Waals surface area contributed by atoms with Crippen LogP contribution in [0.15, 0.2) is 29.8 Å². The number of hydrogen-bond donors (Lipinski definition) is 0. The van der Waals surface area contributed by atoms with E-state index >= 15 is 0 Å². The molecule has 1 fully saturated rings. The van der Waals surface area contributed by atoms with Gasteiger partial charge in [0.05, 0.1) is 11.6 Å². The van der Waals surface area contributed by atoms with E-state index in [0.29, 0.717) is 12.0 Å². The van der Waals surface area contributed by atoms with E-state index in [9.17, 15) is 0 Å². The molecule has 0 saturated carbocycles. The van der Waals surface area contributed by atoms with Gasteiger partial charge in [0, 0.05) is 36.3 Å². The largest absolute Gasteiger partial charge is 0.318 e. The summed E-state index contributed by atoms with van der Waals surface area (Å²) in [6, 6.07) is 9.61. The molecule has 0 aliphatic carbocycles. The number of rotatable bonds is 2. The third-order valence-corrected chi connectivity index (χ3v) is 5.99. The highest BCUT2D eigenvalue weighted by molar-refractivity contribution is 5.88. The van der Waals surface area contributed by atoms with Gasteiger partial charge in [-0.05, 0) is 57.1 Å². The third kappa shape index (κ3) is 4.32. The van der Waals surface area contributed by atoms with Crippen LogP contribution >= 0.6 is 0 Å². The fourth-order valence-corrected chi connectivity index (χ4v) is 5.18. The van der Waals surface area contributed by atoms with Gasteiger partial charge in [-0.15, -0.1) is 0 Å². The van der Waals surface area contributed by atoms with Crippen LogP contribution in [0.3, 0.4) is 0 Å². The van der Waals surface area contributed by atoms with Gasteiger partial charge < -0.3 is 9.47 Å². The first-order chi connectivity index (χ1) is 14.2. The summed E-state index contributed by atoms with van der Waals surface area (Å²) < 4.78 is 2.53. The average molecular weight is 398 g/mol. The van der Waals surface area contributed by atoms with Crippen molar-refractivity contribution in [2.24, 2.45) is 5.92 Å². The fraction of sp³-hybridized carbons (Fsp3) is 0.615. The van der Waals surface area contributed by atoms with Crippen LogP contribution in [0.25, 0.3) is 17.1 Å². The molecule has 3 aliphatic heterocycles. The molecule has 0 bridgehead atoms. The molecule has 0 radical (unpaired) electrons. The molecule has 0 spiro atoms. The zero-order chi connectivity index (χ0) is 21.6. The summed E-state index contributed by atoms with van der Waals surface area (Å²) in [4.78, 5) is 5.08. The van der Waals surface area contributed by atoms with Crippen molar-refractivity contribution < 1.29 is 0 Å². The SMILES string of the molecule is CC.CC.CC.CN(C)CC1=Cn2c3c(c4ccccc42)CCN2CCCC1C32. The number of para-hydroxylation sites is 1. The van der Waals surface area contributed by atoms with Gasteiger partial charge in [0.25, 0.3) is 0 Å². The smallest absolute Gasteiger partial charge is 0.0574 e. The summed E-state index contributed by atoms with van der Waals surface area (Å²) in [5, 5.41) is 1.48. The lowest BCUT2D eigenvalue weighted by molar-refractivity contribution is 0.0899. The van der Waals surface area contributed by atoms with Gasteiger partial charge >= 0.3 is 0 Å². The summed E-state index contributed by atoms with van der Waals surface area (Å²) in [7, 11) is 4.38. The molecule has 2 unspecified atom stereocenters. The molecule has 0 N–H and O–H groups in total. The van der Waals surface area contributed by atoms with Gasteiger partial charge in [0.1, 0.15) is 0 Å². The maximum absolute atomic E-state index is 2.76. The van der Waals surface area contributed by atoms with Gasteiger partial charge in [0.15, 0.2) is 0 Å². The second-order valence-electron chi connectivity index (χ2n) is 7.67. The maximum Gasteiger partial charge on any atom is 0.0574 e. The van der Waals surface area contributed by atoms with Crippen molar-refractivity contribution in [1.82, 2.24) is 14.4 Å². The monoisotopic (exact) mass is 397 g/mol. The topological polar surface area (TPSA) is 11.4 Å². The van der Waals surface area contributed by atoms with Crippen LogP contribution in [-0.4, -0.2) is 48.1 Å². The number of benzene rings is 1. The van der Waals surface area contributed by atoms with E-state index < -0.39 is 0 Å². The summed E-state index contributed by atoms with van der Waals surface area (Å²) >= 11 is 0. The minimum atomic E-state index is 0.611. The minimum absolute atomic E-state index is 0.611. The van der Waals surface area contributed by atoms with Crippen molar-refractivity contribution >= 4 is 17.1 Å². The molecule has 3 aliphatic rings. The van der Waals surface area contributed by atoms with Gasteiger partial charge in [-0.25, -0.2) is 0 Å². The molecular formula is C26H43N3. The molecule has 0 amide bonds. The zero-order valence-corrected chi connectivity index (χ0v) is 20.1. The molecule has 1 aromatic heterocycles. The van der Waals surface area contributed by atoms with Crippen LogP contribution in [0.4, 0.5) is 0 Å². The lowest BCUT2D eigenvalue weighted by Crippen LogP contribution is -2.46. The van der Waals surface area contributed by atoms with Crippen molar-refractivity contribution in [3.05, 3.63) is 41.1 Å². The average Bonchev–Trinajstić information content (AvgIpc) is 3.11. The Morgan fingerprint density at radius 2 is 1.66 bits per heavy atom. The fourth-order valence-electron chi connectivity index (χ4n) is 5.18. The van der Waals surface area contributed by atoms with Crippen LogP contribution < -0.4 is 0 Å². The highest BCUT2D eigenvalue weighted by atomic mass is 15.2. The second kappa shape index (κ2) is 11.0. The van der Waals surface area contributed by atoms with Gasteiger partial charge in [0.2, 0.25) is 0 Å². The molecule has 162 valence electrons. The Labute approximate surface area is 179 Å². The summed E-state index contributed by atoms with van der Waals surface area (Å²) in [5.41, 5.74) is 6.24. The number of hydrogen-bond acceptors (Lipinski definition) is 2. The van der Waals surface area contributed by atoms with E-state index in [4.69, 9.17) is 0 Å². The zero-order valence-electron chi connectivity index (χ0n) is 20.1. The molecule has 5 rings (SSSR count). The van der Waals surface area contributed by atoms with E-state index in [1.165, 1.54) is 43.3 Å². The number of nitrogens with zero attached hydrogens (tertiary/aromatic N) is 3. The van der Waals surface area contributed by atoms with Gasteiger partial charge in [-0.1, -0.05) is 59.7 Å². The van der Waals surface area contributed by atoms with Crippen LogP contribution in [0.5, 0.6) is 0 Å². The van der Waals surface area contributed by atoms with Crippen LogP contribution in [-0.2, 0) is 6.42 Å². The Kier molecular flexibility index (Phi) is 8.98. The number of likely N-dealkylation sites (N-methyl/N-ethyl adjacent to an activating group) is 1. The molecule has 1 aromatic carbocycles. The number of fused-ring (bicyclic) bond motifs is 3. The van der Waals surface area contributed by atoms with Crippen molar-refractivity contribution in [3.63, 3.8) is 0 Å². The summed E-state index contributed by atoms with van der Waals surface area (Å²) in [6.07, 6.45) is 6.38. The first-order valence-corrected chi connectivity index (χ1v) is 11.9. The van der Waals surface area contributed by atoms with Crippen molar-refractivity contribution in [1.29, 1.82) is 0 Å². The van der Waals surface area contributed by atoms with E-state index in [-0.39, 0.29) is 0 Å². The molecule has 3 nitrogen and oxygen atoms in total.